The van der Waals surface area contributed by atoms with Gasteiger partial charge in [0.25, 0.3) is 0 Å². The van der Waals surface area contributed by atoms with Crippen molar-refractivity contribution in [1.82, 2.24) is 9.78 Å². The van der Waals surface area contributed by atoms with E-state index in [9.17, 15) is 0 Å². The van der Waals surface area contributed by atoms with Crippen LogP contribution >= 0.6 is 15.9 Å². The Morgan fingerprint density at radius 1 is 1.42 bits per heavy atom. The molecular formula is C14H18BrN3O. The zero-order valence-electron chi connectivity index (χ0n) is 11.2. The Hall–Kier alpha value is -1.33. The van der Waals surface area contributed by atoms with E-state index in [2.05, 4.69) is 51.5 Å². The van der Waals surface area contributed by atoms with E-state index in [1.54, 1.807) is 7.11 Å². The van der Waals surface area contributed by atoms with Gasteiger partial charge in [-0.3, -0.25) is 4.68 Å². The number of ether oxygens (including phenoxy) is 1. The highest BCUT2D eigenvalue weighted by atomic mass is 79.9. The Balaban J connectivity index is 1.92. The number of nitrogens with zero attached hydrogens (tertiary/aromatic N) is 2. The van der Waals surface area contributed by atoms with E-state index in [4.69, 9.17) is 4.74 Å². The number of aryl methyl sites for hydroxylation is 1. The Kier molecular flexibility index (Phi) is 4.99. The van der Waals surface area contributed by atoms with E-state index >= 15 is 0 Å². The van der Waals surface area contributed by atoms with Crippen molar-refractivity contribution in [1.29, 1.82) is 0 Å². The molecule has 0 unspecified atom stereocenters. The molecule has 1 N–H and O–H groups in total. The minimum absolute atomic E-state index is 0.671. The van der Waals surface area contributed by atoms with Crippen molar-refractivity contribution in [3.8, 4) is 0 Å². The summed E-state index contributed by atoms with van der Waals surface area (Å²) in [4.78, 5) is 0. The Bertz CT molecular complexity index is 539. The normalized spacial score (nSPS) is 10.7. The second-order valence-electron chi connectivity index (χ2n) is 4.43. The molecule has 2 rings (SSSR count). The average Bonchev–Trinajstić information content (AvgIpc) is 2.83. The van der Waals surface area contributed by atoms with Gasteiger partial charge in [-0.05, 0) is 24.1 Å². The predicted octanol–water partition coefficient (Wildman–Crippen LogP) is 3.21. The third kappa shape index (κ3) is 4.08. The van der Waals surface area contributed by atoms with Crippen LogP contribution in [0.25, 0.3) is 0 Å². The second kappa shape index (κ2) is 6.73. The summed E-state index contributed by atoms with van der Waals surface area (Å²) in [6, 6.07) is 6.37. The number of hydrogen-bond donors (Lipinski definition) is 1. The maximum Gasteiger partial charge on any atom is 0.0729 e. The summed E-state index contributed by atoms with van der Waals surface area (Å²) in [6.07, 6.45) is 3.82. The molecule has 0 saturated heterocycles. The van der Waals surface area contributed by atoms with Crippen LogP contribution in [0, 0.1) is 6.92 Å². The Morgan fingerprint density at radius 3 is 3.00 bits per heavy atom. The first-order chi connectivity index (χ1) is 9.19. The van der Waals surface area contributed by atoms with E-state index in [0.717, 1.165) is 23.2 Å². The van der Waals surface area contributed by atoms with Crippen LogP contribution in [-0.2, 0) is 17.8 Å². The van der Waals surface area contributed by atoms with E-state index in [0.29, 0.717) is 6.61 Å². The summed E-state index contributed by atoms with van der Waals surface area (Å²) in [7, 11) is 1.69. The Morgan fingerprint density at radius 2 is 2.26 bits per heavy atom. The van der Waals surface area contributed by atoms with Gasteiger partial charge in [0.05, 0.1) is 25.0 Å². The van der Waals surface area contributed by atoms with Gasteiger partial charge in [0.2, 0.25) is 0 Å². The molecule has 0 aliphatic rings. The molecule has 0 aliphatic carbocycles. The number of methoxy groups -OCH3 is 1. The van der Waals surface area contributed by atoms with Crippen LogP contribution in [0.5, 0.6) is 0 Å². The van der Waals surface area contributed by atoms with Gasteiger partial charge in [-0.25, -0.2) is 0 Å². The first kappa shape index (κ1) is 14.1. The molecular weight excluding hydrogens is 306 g/mol. The first-order valence-corrected chi connectivity index (χ1v) is 6.98. The minimum atomic E-state index is 0.671. The topological polar surface area (TPSA) is 39.1 Å². The number of rotatable bonds is 6. The van der Waals surface area contributed by atoms with E-state index in [1.165, 1.54) is 11.1 Å². The quantitative estimate of drug-likeness (QED) is 0.887. The number of anilines is 1. The van der Waals surface area contributed by atoms with Gasteiger partial charge in [0.15, 0.2) is 0 Å². The number of nitrogens with one attached hydrogen (secondary N) is 1. The summed E-state index contributed by atoms with van der Waals surface area (Å²) in [5, 5.41) is 7.63. The monoisotopic (exact) mass is 323 g/mol. The van der Waals surface area contributed by atoms with E-state index in [-0.39, 0.29) is 0 Å². The molecule has 0 radical (unpaired) electrons. The first-order valence-electron chi connectivity index (χ1n) is 6.19. The summed E-state index contributed by atoms with van der Waals surface area (Å²) in [5.74, 6) is 0. The second-order valence-corrected chi connectivity index (χ2v) is 5.29. The molecule has 0 spiro atoms. The molecule has 0 aliphatic heterocycles. The lowest BCUT2D eigenvalue weighted by Crippen LogP contribution is -2.04. The number of hydrogen-bond acceptors (Lipinski definition) is 3. The fourth-order valence-electron chi connectivity index (χ4n) is 1.75. The summed E-state index contributed by atoms with van der Waals surface area (Å²) in [5.41, 5.74) is 3.50. The minimum Gasteiger partial charge on any atom is -0.383 e. The van der Waals surface area contributed by atoms with E-state index in [1.807, 2.05) is 17.1 Å². The summed E-state index contributed by atoms with van der Waals surface area (Å²) < 4.78 is 8.03. The smallest absolute Gasteiger partial charge is 0.0729 e. The number of aromatic nitrogens is 2. The maximum absolute atomic E-state index is 5.02. The molecule has 0 bridgehead atoms. The molecule has 0 amide bonds. The SMILES string of the molecule is COCCn1cc(NCc2ccc(C)cc2Br)cn1. The third-order valence-electron chi connectivity index (χ3n) is 2.85. The molecule has 1 heterocycles. The molecule has 1 aromatic heterocycles. The van der Waals surface area contributed by atoms with Gasteiger partial charge in [0.1, 0.15) is 0 Å². The molecule has 0 fully saturated rings. The van der Waals surface area contributed by atoms with Crippen LogP contribution in [-0.4, -0.2) is 23.5 Å². The van der Waals surface area contributed by atoms with E-state index < -0.39 is 0 Å². The predicted molar refractivity (Wildman–Crippen MR) is 80.3 cm³/mol. The summed E-state index contributed by atoms with van der Waals surface area (Å²) in [6.45, 7) is 4.30. The number of halogens is 1. The highest BCUT2D eigenvalue weighted by molar-refractivity contribution is 9.10. The largest absolute Gasteiger partial charge is 0.383 e. The molecule has 4 nitrogen and oxygen atoms in total. The molecule has 0 atom stereocenters. The third-order valence-corrected chi connectivity index (χ3v) is 3.59. The van der Waals surface area contributed by atoms with Gasteiger partial charge >= 0.3 is 0 Å². The highest BCUT2D eigenvalue weighted by Crippen LogP contribution is 2.19. The standard InChI is InChI=1S/C14H18BrN3O/c1-11-3-4-12(14(15)7-11)8-16-13-9-17-18(10-13)5-6-19-2/h3-4,7,9-10,16H,5-6,8H2,1-2H3. The molecule has 5 heteroatoms. The zero-order chi connectivity index (χ0) is 13.7. The van der Waals surface area contributed by atoms with Crippen molar-refractivity contribution in [3.05, 3.63) is 46.2 Å². The molecule has 102 valence electrons. The van der Waals surface area contributed by atoms with Crippen LogP contribution in [0.4, 0.5) is 5.69 Å². The lowest BCUT2D eigenvalue weighted by Gasteiger charge is -2.07. The van der Waals surface area contributed by atoms with Crippen molar-refractivity contribution < 1.29 is 4.74 Å². The van der Waals surface area contributed by atoms with Gasteiger partial charge in [-0.15, -0.1) is 0 Å². The lowest BCUT2D eigenvalue weighted by atomic mass is 10.1. The molecule has 1 aromatic carbocycles. The molecule has 0 saturated carbocycles. The van der Waals surface area contributed by atoms with Crippen molar-refractivity contribution in [3.63, 3.8) is 0 Å². The zero-order valence-corrected chi connectivity index (χ0v) is 12.8. The van der Waals surface area contributed by atoms with Crippen LogP contribution in [0.3, 0.4) is 0 Å². The summed E-state index contributed by atoms with van der Waals surface area (Å²) >= 11 is 3.58. The molecule has 19 heavy (non-hydrogen) atoms. The van der Waals surface area contributed by atoms with Crippen LogP contribution in [0.15, 0.2) is 35.1 Å². The average molecular weight is 324 g/mol. The van der Waals surface area contributed by atoms with Crippen molar-refractivity contribution in [2.75, 3.05) is 19.0 Å². The fourth-order valence-corrected chi connectivity index (χ4v) is 2.39. The van der Waals surface area contributed by atoms with Crippen LogP contribution in [0.2, 0.25) is 0 Å². The lowest BCUT2D eigenvalue weighted by molar-refractivity contribution is 0.183. The van der Waals surface area contributed by atoms with Gasteiger partial charge in [-0.1, -0.05) is 28.1 Å². The number of benzene rings is 1. The van der Waals surface area contributed by atoms with Crippen molar-refractivity contribution in [2.24, 2.45) is 0 Å². The Labute approximate surface area is 121 Å². The van der Waals surface area contributed by atoms with Gasteiger partial charge in [-0.2, -0.15) is 5.10 Å². The van der Waals surface area contributed by atoms with Crippen LogP contribution < -0.4 is 5.32 Å². The van der Waals surface area contributed by atoms with Gasteiger partial charge < -0.3 is 10.1 Å². The fraction of sp³-hybridized carbons (Fsp3) is 0.357. The molecule has 2 aromatic rings. The maximum atomic E-state index is 5.02. The van der Waals surface area contributed by atoms with Gasteiger partial charge in [0, 0.05) is 24.3 Å². The van der Waals surface area contributed by atoms with Crippen molar-refractivity contribution >= 4 is 21.6 Å². The highest BCUT2D eigenvalue weighted by Gasteiger charge is 2.02. The van der Waals surface area contributed by atoms with Crippen molar-refractivity contribution in [2.45, 2.75) is 20.0 Å². The van der Waals surface area contributed by atoms with Crippen LogP contribution in [0.1, 0.15) is 11.1 Å².